The van der Waals surface area contributed by atoms with Gasteiger partial charge in [0.25, 0.3) is 0 Å². The topological polar surface area (TPSA) is 149 Å². The van der Waals surface area contributed by atoms with Crippen LogP contribution in [0, 0.1) is 0 Å². The normalized spacial score (nSPS) is 18.2. The largest absolute Gasteiger partial charge is 0.394 e. The van der Waals surface area contributed by atoms with Crippen LogP contribution in [-0.2, 0) is 14.3 Å². The lowest BCUT2D eigenvalue weighted by Gasteiger charge is -2.40. The van der Waals surface area contributed by atoms with Crippen LogP contribution in [0.3, 0.4) is 0 Å². The Bertz CT molecular complexity index is 1500. The van der Waals surface area contributed by atoms with E-state index in [0.717, 1.165) is 44.9 Å². The van der Waals surface area contributed by atoms with Crippen molar-refractivity contribution in [2.24, 2.45) is 0 Å². The first kappa shape index (κ1) is 82.2. The van der Waals surface area contributed by atoms with Crippen LogP contribution < -0.4 is 5.32 Å². The summed E-state index contributed by atoms with van der Waals surface area (Å²) in [5, 5.41) is 54.7. The quantitative estimate of drug-likeness (QED) is 0.0261. The molecule has 1 saturated heterocycles. The summed E-state index contributed by atoms with van der Waals surface area (Å²) in [5.41, 5.74) is 0. The van der Waals surface area contributed by atoms with Crippen LogP contribution in [-0.4, -0.2) is 87.5 Å². The van der Waals surface area contributed by atoms with Gasteiger partial charge in [-0.1, -0.05) is 351 Å². The van der Waals surface area contributed by atoms with Gasteiger partial charge in [-0.2, -0.15) is 0 Å². The van der Waals surface area contributed by atoms with Crippen LogP contribution >= 0.6 is 0 Å². The van der Waals surface area contributed by atoms with E-state index in [0.29, 0.717) is 6.42 Å². The average molecular weight is 1210 g/mol. The van der Waals surface area contributed by atoms with E-state index < -0.39 is 49.5 Å². The number of allylic oxidation sites excluding steroid dienone is 7. The molecule has 9 heteroatoms. The number of hydrogen-bond donors (Lipinski definition) is 6. The van der Waals surface area contributed by atoms with Gasteiger partial charge < -0.3 is 40.3 Å². The zero-order valence-corrected chi connectivity index (χ0v) is 56.8. The second-order valence-electron chi connectivity index (χ2n) is 26.4. The van der Waals surface area contributed by atoms with Crippen molar-refractivity contribution in [3.63, 3.8) is 0 Å². The fraction of sp³-hybridized carbons (Fsp3) is 0.883. The molecule has 7 unspecified atom stereocenters. The summed E-state index contributed by atoms with van der Waals surface area (Å²) in [7, 11) is 0. The van der Waals surface area contributed by atoms with Gasteiger partial charge in [0, 0.05) is 6.42 Å². The predicted octanol–water partition coefficient (Wildman–Crippen LogP) is 21.1. The molecule has 0 saturated carbocycles. The van der Waals surface area contributed by atoms with Crippen molar-refractivity contribution in [2.45, 2.75) is 423 Å². The maximum absolute atomic E-state index is 13.1. The van der Waals surface area contributed by atoms with Gasteiger partial charge >= 0.3 is 0 Å². The Labute approximate surface area is 533 Å². The van der Waals surface area contributed by atoms with Crippen molar-refractivity contribution >= 4 is 5.91 Å². The molecule has 0 aromatic rings. The Morgan fingerprint density at radius 3 is 0.977 bits per heavy atom. The van der Waals surface area contributed by atoms with E-state index in [-0.39, 0.29) is 12.5 Å². The van der Waals surface area contributed by atoms with Crippen LogP contribution in [0.25, 0.3) is 0 Å². The molecule has 1 aliphatic rings. The van der Waals surface area contributed by atoms with Crippen molar-refractivity contribution in [2.75, 3.05) is 13.2 Å². The monoisotopic (exact) mass is 1210 g/mol. The third kappa shape index (κ3) is 53.9. The lowest BCUT2D eigenvalue weighted by atomic mass is 9.99. The highest BCUT2D eigenvalue weighted by atomic mass is 16.7. The van der Waals surface area contributed by atoms with Gasteiger partial charge in [0.2, 0.25) is 5.91 Å². The number of ether oxygens (including phenoxy) is 2. The zero-order chi connectivity index (χ0) is 62.1. The molecule has 506 valence electrons. The second kappa shape index (κ2) is 66.1. The number of rotatable bonds is 67. The first-order chi connectivity index (χ1) is 42.3. The molecule has 86 heavy (non-hydrogen) atoms. The van der Waals surface area contributed by atoms with Crippen LogP contribution in [0.2, 0.25) is 0 Å². The minimum Gasteiger partial charge on any atom is -0.394 e. The molecule has 0 aromatic heterocycles. The molecule has 0 radical (unpaired) electrons. The molecule has 1 rings (SSSR count). The molecule has 9 nitrogen and oxygen atoms in total. The van der Waals surface area contributed by atoms with Gasteiger partial charge in [-0.05, 0) is 70.6 Å². The maximum Gasteiger partial charge on any atom is 0.220 e. The number of aliphatic hydroxyl groups is 5. The van der Waals surface area contributed by atoms with Gasteiger partial charge in [0.15, 0.2) is 6.29 Å². The average Bonchev–Trinajstić information content (AvgIpc) is 2.36. The van der Waals surface area contributed by atoms with Crippen molar-refractivity contribution in [1.82, 2.24) is 5.32 Å². The van der Waals surface area contributed by atoms with Crippen LogP contribution in [0.4, 0.5) is 0 Å². The Kier molecular flexibility index (Phi) is 63.1. The van der Waals surface area contributed by atoms with Crippen LogP contribution in [0.5, 0.6) is 0 Å². The van der Waals surface area contributed by atoms with Crippen molar-refractivity contribution in [3.05, 3.63) is 48.6 Å². The molecule has 1 amide bonds. The summed E-state index contributed by atoms with van der Waals surface area (Å²) >= 11 is 0. The van der Waals surface area contributed by atoms with Gasteiger partial charge in [0.05, 0.1) is 25.4 Å². The molecule has 1 heterocycles. The molecule has 0 aliphatic carbocycles. The fourth-order valence-corrected chi connectivity index (χ4v) is 12.2. The highest BCUT2D eigenvalue weighted by Gasteiger charge is 2.44. The summed E-state index contributed by atoms with van der Waals surface area (Å²) in [6, 6.07) is -0.829. The maximum atomic E-state index is 13.1. The molecular weight excluding hydrogens is 1070 g/mol. The third-order valence-electron chi connectivity index (χ3n) is 18.1. The van der Waals surface area contributed by atoms with Crippen molar-refractivity contribution in [1.29, 1.82) is 0 Å². The lowest BCUT2D eigenvalue weighted by Crippen LogP contribution is -2.60. The van der Waals surface area contributed by atoms with Crippen molar-refractivity contribution in [3.8, 4) is 0 Å². The minimum absolute atomic E-state index is 0.184. The van der Waals surface area contributed by atoms with Crippen molar-refractivity contribution < 1.29 is 39.8 Å². The highest BCUT2D eigenvalue weighted by molar-refractivity contribution is 5.76. The van der Waals surface area contributed by atoms with Crippen LogP contribution in [0.1, 0.15) is 380 Å². The Balaban J connectivity index is 2.05. The SMILES string of the molecule is CCCCCCCCCC/C=C\CCCCCCCCCCCCCCCCCCCCCCCCCCCCCCCC(=O)NC(COC1OC(CO)C(O)C(O)C1O)C(O)/C=C/CC/C=C/CC/C=C/CCCCCCCCCCCCCC. The summed E-state index contributed by atoms with van der Waals surface area (Å²) in [4.78, 5) is 13.1. The number of aliphatic hydroxyl groups excluding tert-OH is 5. The summed E-state index contributed by atoms with van der Waals surface area (Å²) in [6.07, 6.45) is 84.0. The Hall–Kier alpha value is -1.85. The molecule has 1 aliphatic heterocycles. The molecular formula is C77H145NO8. The number of amides is 1. The number of carbonyl (C=O) groups excluding carboxylic acids is 1. The van der Waals surface area contributed by atoms with E-state index in [4.69, 9.17) is 9.47 Å². The van der Waals surface area contributed by atoms with Gasteiger partial charge in [-0.3, -0.25) is 4.79 Å². The lowest BCUT2D eigenvalue weighted by molar-refractivity contribution is -0.302. The minimum atomic E-state index is -1.58. The number of unbranched alkanes of at least 4 members (excludes halogenated alkanes) is 51. The zero-order valence-electron chi connectivity index (χ0n) is 56.8. The predicted molar refractivity (Wildman–Crippen MR) is 369 cm³/mol. The summed E-state index contributed by atoms with van der Waals surface area (Å²) < 4.78 is 11.3. The molecule has 1 fully saturated rings. The van der Waals surface area contributed by atoms with Gasteiger partial charge in [-0.15, -0.1) is 0 Å². The first-order valence-corrected chi connectivity index (χ1v) is 37.9. The van der Waals surface area contributed by atoms with Crippen LogP contribution in [0.15, 0.2) is 48.6 Å². The summed E-state index contributed by atoms with van der Waals surface area (Å²) in [6.45, 7) is 3.80. The van der Waals surface area contributed by atoms with E-state index in [2.05, 4.69) is 55.6 Å². The van der Waals surface area contributed by atoms with E-state index >= 15 is 0 Å². The highest BCUT2D eigenvalue weighted by Crippen LogP contribution is 2.24. The van der Waals surface area contributed by atoms with E-state index in [1.807, 2.05) is 6.08 Å². The molecule has 7 atom stereocenters. The number of carbonyl (C=O) groups is 1. The molecule has 6 N–H and O–H groups in total. The van der Waals surface area contributed by atoms with E-state index in [1.54, 1.807) is 6.08 Å². The second-order valence-corrected chi connectivity index (χ2v) is 26.4. The fourth-order valence-electron chi connectivity index (χ4n) is 12.2. The van der Waals surface area contributed by atoms with Gasteiger partial charge in [-0.25, -0.2) is 0 Å². The molecule has 0 aromatic carbocycles. The Morgan fingerprint density at radius 2 is 0.663 bits per heavy atom. The third-order valence-corrected chi connectivity index (χ3v) is 18.1. The standard InChI is InChI=1S/C77H145NO8/c1-3-5-7-9-11-13-15-17-19-21-23-25-27-28-29-30-31-32-33-34-35-36-37-38-39-40-41-42-43-44-45-47-49-51-53-55-57-59-61-63-65-67-73(81)78-70(69-85-77-76(84)75(83)74(82)72(68-79)86-77)71(80)66-64-62-60-58-56-54-52-50-48-46-26-24-22-20-18-16-14-12-10-8-6-4-2/h21,23,48,50,56,58,64,66,70-72,74-77,79-80,82-84H,3-20,22,24-47,49,51-55,57,59-63,65,67-69H2,1-2H3,(H,78,81)/b23-21-,50-48+,58-56+,66-64+. The molecule has 0 spiro atoms. The smallest absolute Gasteiger partial charge is 0.220 e. The Morgan fingerprint density at radius 1 is 0.384 bits per heavy atom. The van der Waals surface area contributed by atoms with E-state index in [1.165, 1.54) is 315 Å². The van der Waals surface area contributed by atoms with Gasteiger partial charge in [0.1, 0.15) is 24.4 Å². The summed E-state index contributed by atoms with van der Waals surface area (Å²) in [5.74, 6) is -0.184. The number of hydrogen-bond acceptors (Lipinski definition) is 8. The first-order valence-electron chi connectivity index (χ1n) is 37.9. The van der Waals surface area contributed by atoms with E-state index in [9.17, 15) is 30.3 Å². The molecule has 0 bridgehead atoms. The number of nitrogens with one attached hydrogen (secondary N) is 1.